The van der Waals surface area contributed by atoms with Crippen molar-refractivity contribution in [2.24, 2.45) is 7.05 Å². The summed E-state index contributed by atoms with van der Waals surface area (Å²) in [5.41, 5.74) is 1.67. The van der Waals surface area contributed by atoms with Gasteiger partial charge in [0.25, 0.3) is 0 Å². The van der Waals surface area contributed by atoms with Crippen LogP contribution in [0.3, 0.4) is 0 Å². The molecular weight excluding hydrogens is 214 g/mol. The van der Waals surface area contributed by atoms with Gasteiger partial charge in [-0.3, -0.25) is 4.68 Å². The number of aryl methyl sites for hydroxylation is 1. The minimum absolute atomic E-state index is 0.668. The van der Waals surface area contributed by atoms with E-state index in [9.17, 15) is 0 Å². The molecule has 1 aromatic heterocycles. The van der Waals surface area contributed by atoms with Crippen molar-refractivity contribution in [2.45, 2.75) is 6.42 Å². The third kappa shape index (κ3) is 3.05. The summed E-state index contributed by atoms with van der Waals surface area (Å²) < 4.78 is 1.69. The number of aromatic nitrogens is 3. The van der Waals surface area contributed by atoms with Crippen molar-refractivity contribution in [1.29, 1.82) is 5.26 Å². The molecule has 2 rings (SSSR count). The fourth-order valence-corrected chi connectivity index (χ4v) is 1.48. The summed E-state index contributed by atoms with van der Waals surface area (Å²) in [7, 11) is 1.85. The van der Waals surface area contributed by atoms with Crippen molar-refractivity contribution in [1.82, 2.24) is 14.8 Å². The summed E-state index contributed by atoms with van der Waals surface area (Å²) in [6.07, 6.45) is 2.47. The Balaban J connectivity index is 1.84. The van der Waals surface area contributed by atoms with Crippen LogP contribution in [0.25, 0.3) is 0 Å². The lowest BCUT2D eigenvalue weighted by molar-refractivity contribution is 0.742. The molecule has 86 valence electrons. The zero-order chi connectivity index (χ0) is 12.1. The highest BCUT2D eigenvalue weighted by Crippen LogP contribution is 2.08. The van der Waals surface area contributed by atoms with E-state index in [1.54, 1.807) is 23.1 Å². The first kappa shape index (κ1) is 11.1. The molecule has 1 heterocycles. The molecule has 0 amide bonds. The molecule has 0 aliphatic heterocycles. The summed E-state index contributed by atoms with van der Waals surface area (Å²) in [4.78, 5) is 4.14. The highest BCUT2D eigenvalue weighted by atomic mass is 15.3. The summed E-state index contributed by atoms with van der Waals surface area (Å²) in [5.74, 6) is 0.827. The molecule has 0 spiro atoms. The van der Waals surface area contributed by atoms with Gasteiger partial charge >= 0.3 is 0 Å². The lowest BCUT2D eigenvalue weighted by Gasteiger charge is -2.04. The van der Waals surface area contributed by atoms with Gasteiger partial charge in [0.2, 0.25) is 0 Å². The van der Waals surface area contributed by atoms with Gasteiger partial charge in [-0.1, -0.05) is 0 Å². The highest BCUT2D eigenvalue weighted by molar-refractivity contribution is 5.47. The fourth-order valence-electron chi connectivity index (χ4n) is 1.48. The Hall–Kier alpha value is -2.35. The van der Waals surface area contributed by atoms with Crippen LogP contribution in [0.5, 0.6) is 0 Å². The van der Waals surface area contributed by atoms with E-state index in [0.29, 0.717) is 5.56 Å². The van der Waals surface area contributed by atoms with Gasteiger partial charge in [-0.15, -0.1) is 0 Å². The van der Waals surface area contributed by atoms with Crippen molar-refractivity contribution in [3.8, 4) is 6.07 Å². The molecule has 2 aromatic rings. The first-order valence-corrected chi connectivity index (χ1v) is 5.36. The number of nitrogens with zero attached hydrogens (tertiary/aromatic N) is 4. The van der Waals surface area contributed by atoms with Crippen molar-refractivity contribution in [2.75, 3.05) is 11.9 Å². The van der Waals surface area contributed by atoms with Crippen molar-refractivity contribution in [3.63, 3.8) is 0 Å². The topological polar surface area (TPSA) is 66.5 Å². The second kappa shape index (κ2) is 5.12. The fraction of sp³-hybridized carbons (Fsp3) is 0.250. The second-order valence-corrected chi connectivity index (χ2v) is 3.70. The molecule has 17 heavy (non-hydrogen) atoms. The van der Waals surface area contributed by atoms with Gasteiger partial charge in [0.15, 0.2) is 5.82 Å². The van der Waals surface area contributed by atoms with Gasteiger partial charge in [-0.2, -0.15) is 10.4 Å². The highest BCUT2D eigenvalue weighted by Gasteiger charge is 1.98. The number of benzene rings is 1. The average molecular weight is 227 g/mol. The maximum Gasteiger partial charge on any atom is 0.152 e. The lowest BCUT2D eigenvalue weighted by atomic mass is 10.2. The van der Waals surface area contributed by atoms with E-state index >= 15 is 0 Å². The zero-order valence-electron chi connectivity index (χ0n) is 9.59. The van der Waals surface area contributed by atoms with Gasteiger partial charge in [0.05, 0.1) is 11.6 Å². The second-order valence-electron chi connectivity index (χ2n) is 3.70. The van der Waals surface area contributed by atoms with Gasteiger partial charge in [-0.25, -0.2) is 4.98 Å². The van der Waals surface area contributed by atoms with E-state index in [0.717, 1.165) is 24.5 Å². The first-order valence-electron chi connectivity index (χ1n) is 5.36. The van der Waals surface area contributed by atoms with E-state index in [4.69, 9.17) is 5.26 Å². The standard InChI is InChI=1S/C12H13N5/c1-17-9-15-12(16-17)6-7-14-11-4-2-10(8-13)3-5-11/h2-5,9,14H,6-7H2,1H3. The van der Waals surface area contributed by atoms with Crippen LogP contribution < -0.4 is 5.32 Å². The maximum atomic E-state index is 8.67. The van der Waals surface area contributed by atoms with Crippen molar-refractivity contribution in [3.05, 3.63) is 42.0 Å². The Morgan fingerprint density at radius 3 is 2.71 bits per heavy atom. The van der Waals surface area contributed by atoms with Crippen LogP contribution in [0.1, 0.15) is 11.4 Å². The lowest BCUT2D eigenvalue weighted by Crippen LogP contribution is -2.06. The van der Waals surface area contributed by atoms with E-state index in [2.05, 4.69) is 21.5 Å². The molecule has 0 saturated heterocycles. The Labute approximate surface area is 99.7 Å². The predicted octanol–water partition coefficient (Wildman–Crippen LogP) is 1.34. The van der Waals surface area contributed by atoms with Crippen LogP contribution in [-0.4, -0.2) is 21.3 Å². The third-order valence-corrected chi connectivity index (χ3v) is 2.34. The summed E-state index contributed by atoms with van der Waals surface area (Å²) >= 11 is 0. The minimum Gasteiger partial charge on any atom is -0.385 e. The maximum absolute atomic E-state index is 8.67. The smallest absolute Gasteiger partial charge is 0.152 e. The number of nitriles is 1. The molecule has 0 aliphatic carbocycles. The Bertz CT molecular complexity index is 521. The summed E-state index contributed by atoms with van der Waals surface area (Å²) in [6.45, 7) is 0.774. The molecule has 0 fully saturated rings. The van der Waals surface area contributed by atoms with Crippen molar-refractivity contribution >= 4 is 5.69 Å². The summed E-state index contributed by atoms with van der Waals surface area (Å²) in [6, 6.07) is 9.46. The van der Waals surface area contributed by atoms with E-state index in [-0.39, 0.29) is 0 Å². The van der Waals surface area contributed by atoms with Gasteiger partial charge < -0.3 is 5.32 Å². The van der Waals surface area contributed by atoms with Crippen LogP contribution >= 0.6 is 0 Å². The summed E-state index contributed by atoms with van der Waals surface area (Å²) in [5, 5.41) is 16.1. The molecule has 5 nitrogen and oxygen atoms in total. The molecule has 0 bridgehead atoms. The normalized spacial score (nSPS) is 9.88. The van der Waals surface area contributed by atoms with Gasteiger partial charge in [0, 0.05) is 25.7 Å². The molecule has 0 aliphatic rings. The molecule has 0 unspecified atom stereocenters. The molecular formula is C12H13N5. The number of hydrogen-bond acceptors (Lipinski definition) is 4. The van der Waals surface area contributed by atoms with E-state index in [1.807, 2.05) is 19.2 Å². The molecule has 0 atom stereocenters. The molecule has 0 saturated carbocycles. The molecule has 5 heteroatoms. The van der Waals surface area contributed by atoms with E-state index in [1.165, 1.54) is 0 Å². The Morgan fingerprint density at radius 1 is 1.35 bits per heavy atom. The van der Waals surface area contributed by atoms with Gasteiger partial charge in [-0.05, 0) is 24.3 Å². The van der Waals surface area contributed by atoms with Crippen LogP contribution in [0.15, 0.2) is 30.6 Å². The SMILES string of the molecule is Cn1cnc(CCNc2ccc(C#N)cc2)n1. The van der Waals surface area contributed by atoms with Gasteiger partial charge in [0.1, 0.15) is 6.33 Å². The molecule has 1 aromatic carbocycles. The number of hydrogen-bond donors (Lipinski definition) is 1. The number of rotatable bonds is 4. The first-order chi connectivity index (χ1) is 8.28. The third-order valence-electron chi connectivity index (χ3n) is 2.34. The molecule has 0 radical (unpaired) electrons. The molecule has 1 N–H and O–H groups in total. The average Bonchev–Trinajstić information content (AvgIpc) is 2.76. The zero-order valence-corrected chi connectivity index (χ0v) is 9.59. The minimum atomic E-state index is 0.668. The van der Waals surface area contributed by atoms with Crippen LogP contribution in [0.2, 0.25) is 0 Å². The van der Waals surface area contributed by atoms with Crippen LogP contribution in [-0.2, 0) is 13.5 Å². The van der Waals surface area contributed by atoms with Crippen LogP contribution in [0, 0.1) is 11.3 Å². The van der Waals surface area contributed by atoms with E-state index < -0.39 is 0 Å². The Morgan fingerprint density at radius 2 is 2.12 bits per heavy atom. The number of nitrogens with one attached hydrogen (secondary N) is 1. The monoisotopic (exact) mass is 227 g/mol. The quantitative estimate of drug-likeness (QED) is 0.856. The largest absolute Gasteiger partial charge is 0.385 e. The van der Waals surface area contributed by atoms with Crippen LogP contribution in [0.4, 0.5) is 5.69 Å². The predicted molar refractivity (Wildman–Crippen MR) is 64.4 cm³/mol. The van der Waals surface area contributed by atoms with Crippen molar-refractivity contribution < 1.29 is 0 Å². The Kier molecular flexibility index (Phi) is 3.36. The number of anilines is 1.